The Kier molecular flexibility index (Phi) is 6.95. The van der Waals surface area contributed by atoms with Gasteiger partial charge in [0.1, 0.15) is 22.8 Å². The molecule has 0 spiro atoms. The monoisotopic (exact) mass is 578 g/mol. The van der Waals surface area contributed by atoms with Crippen LogP contribution in [0.1, 0.15) is 49.7 Å². The second kappa shape index (κ2) is 9.58. The van der Waals surface area contributed by atoms with Gasteiger partial charge in [0.15, 0.2) is 11.4 Å². The highest BCUT2D eigenvalue weighted by molar-refractivity contribution is 9.09. The average Bonchev–Trinajstić information content (AvgIpc) is 2.83. The second-order valence-corrected chi connectivity index (χ2v) is 10.4. The molecule has 1 saturated carbocycles. The van der Waals surface area contributed by atoms with Crippen molar-refractivity contribution >= 4 is 50.8 Å². The molecule has 12 heteroatoms. The summed E-state index contributed by atoms with van der Waals surface area (Å²) in [6.07, 6.45) is -0.663. The third-order valence-electron chi connectivity index (χ3n) is 7.56. The van der Waals surface area contributed by atoms with E-state index in [1.54, 1.807) is 6.92 Å². The summed E-state index contributed by atoms with van der Waals surface area (Å²) in [5.41, 5.74) is 1.02. The zero-order valence-corrected chi connectivity index (χ0v) is 21.4. The molecule has 37 heavy (non-hydrogen) atoms. The van der Waals surface area contributed by atoms with Crippen molar-refractivity contribution in [3.8, 4) is 5.75 Å². The number of anilines is 1. The van der Waals surface area contributed by atoms with Gasteiger partial charge in [-0.15, -0.1) is 0 Å². The molecule has 8 N–H and O–H groups in total. The molecule has 0 heterocycles. The number of unbranched alkanes of at least 4 members (excludes halogenated alkanes) is 1. The predicted octanol–water partition coefficient (Wildman–Crippen LogP) is 1.46. The largest absolute Gasteiger partial charge is 0.508 e. The molecule has 3 aliphatic rings. The van der Waals surface area contributed by atoms with E-state index in [4.69, 9.17) is 5.73 Å². The molecule has 198 valence electrons. The lowest BCUT2D eigenvalue weighted by Gasteiger charge is -2.50. The van der Waals surface area contributed by atoms with E-state index in [0.717, 1.165) is 11.8 Å². The van der Waals surface area contributed by atoms with Crippen LogP contribution >= 0.6 is 15.9 Å². The van der Waals surface area contributed by atoms with Crippen LogP contribution in [0.15, 0.2) is 29.0 Å². The standard InChI is InChI=1S/C25H27BrN2O9/c1-9-10-5-6-12(28-14(30)4-2-3-7-26)20(32)16(10)21(33)18-15(9)19(31)11-8-13(29)17(24(27)36)22(34)25(11,37)23(18)35/h5-6,9,11,15,19,31-34,37H,2-4,7-8H2,1H3,(H2,27,36)(H,28,30)/t9-,11?,15?,19+,25+/m0/s1. The lowest BCUT2D eigenvalue weighted by molar-refractivity contribution is -0.160. The number of fused-ring (bicyclic) bond motifs is 3. The van der Waals surface area contributed by atoms with Crippen molar-refractivity contribution in [2.45, 2.75) is 50.2 Å². The van der Waals surface area contributed by atoms with Crippen LogP contribution in [0.4, 0.5) is 5.69 Å². The summed E-state index contributed by atoms with van der Waals surface area (Å²) in [6, 6.07) is 2.98. The lowest BCUT2D eigenvalue weighted by Crippen LogP contribution is -2.63. The molecular weight excluding hydrogens is 552 g/mol. The van der Waals surface area contributed by atoms with E-state index in [2.05, 4.69) is 21.2 Å². The highest BCUT2D eigenvalue weighted by Crippen LogP contribution is 2.56. The molecule has 0 bridgehead atoms. The first kappa shape index (κ1) is 26.8. The van der Waals surface area contributed by atoms with Gasteiger partial charge in [-0.3, -0.25) is 19.2 Å². The molecule has 0 saturated heterocycles. The zero-order chi connectivity index (χ0) is 27.4. The number of carbonyl (C=O) groups excluding carboxylic acids is 4. The summed E-state index contributed by atoms with van der Waals surface area (Å²) >= 11 is 3.28. The molecule has 2 unspecified atom stereocenters. The number of alkyl halides is 1. The van der Waals surface area contributed by atoms with E-state index in [-0.39, 0.29) is 23.6 Å². The molecule has 0 aromatic heterocycles. The number of hydrogen-bond donors (Lipinski definition) is 7. The summed E-state index contributed by atoms with van der Waals surface area (Å²) < 4.78 is 0. The van der Waals surface area contributed by atoms with Crippen molar-refractivity contribution in [3.05, 3.63) is 40.2 Å². The van der Waals surface area contributed by atoms with Gasteiger partial charge in [0.25, 0.3) is 5.91 Å². The summed E-state index contributed by atoms with van der Waals surface area (Å²) in [7, 11) is 0. The molecule has 5 atom stereocenters. The van der Waals surface area contributed by atoms with E-state index < -0.39 is 81.8 Å². The Hall–Kier alpha value is -3.22. The van der Waals surface area contributed by atoms with E-state index in [0.29, 0.717) is 12.0 Å². The van der Waals surface area contributed by atoms with Crippen molar-refractivity contribution in [1.29, 1.82) is 0 Å². The maximum Gasteiger partial charge on any atom is 0.255 e. The highest BCUT2D eigenvalue weighted by Gasteiger charge is 2.64. The minimum atomic E-state index is -2.90. The Labute approximate surface area is 219 Å². The number of Topliss-reactive ketones (excluding diaryl/α,β-unsaturated/α-hetero) is 2. The van der Waals surface area contributed by atoms with Gasteiger partial charge >= 0.3 is 0 Å². The van der Waals surface area contributed by atoms with Gasteiger partial charge in [-0.2, -0.15) is 0 Å². The van der Waals surface area contributed by atoms with Crippen molar-refractivity contribution in [3.63, 3.8) is 0 Å². The van der Waals surface area contributed by atoms with Gasteiger partial charge in [-0.25, -0.2) is 0 Å². The molecule has 11 nitrogen and oxygen atoms in total. The number of phenols is 1. The third-order valence-corrected chi connectivity index (χ3v) is 8.12. The smallest absolute Gasteiger partial charge is 0.255 e. The lowest BCUT2D eigenvalue weighted by atomic mass is 9.55. The van der Waals surface area contributed by atoms with Crippen LogP contribution in [0, 0.1) is 11.8 Å². The normalized spacial score (nSPS) is 29.0. The molecule has 4 rings (SSSR count). The number of primary amides is 1. The number of ketones is 2. The van der Waals surface area contributed by atoms with Crippen molar-refractivity contribution < 1.29 is 44.7 Å². The van der Waals surface area contributed by atoms with Gasteiger partial charge in [0, 0.05) is 35.6 Å². The fraction of sp³-hybridized carbons (Fsp3) is 0.440. The first-order valence-corrected chi connectivity index (χ1v) is 12.9. The molecular formula is C25H27BrN2O9. The third kappa shape index (κ3) is 3.94. The number of phenolic OH excluding ortho intramolecular Hbond substituents is 1. The van der Waals surface area contributed by atoms with Gasteiger partial charge in [0.05, 0.1) is 17.4 Å². The van der Waals surface area contributed by atoms with Crippen LogP contribution in [0.3, 0.4) is 0 Å². The van der Waals surface area contributed by atoms with Crippen LogP contribution in [0.25, 0.3) is 5.76 Å². The van der Waals surface area contributed by atoms with Gasteiger partial charge < -0.3 is 36.6 Å². The number of amides is 2. The quantitative estimate of drug-likeness (QED) is 0.113. The molecule has 3 aliphatic carbocycles. The van der Waals surface area contributed by atoms with E-state index in [1.807, 2.05) is 0 Å². The average molecular weight is 579 g/mol. The first-order chi connectivity index (χ1) is 17.4. The summed E-state index contributed by atoms with van der Waals surface area (Å²) in [6.45, 7) is 1.63. The van der Waals surface area contributed by atoms with Gasteiger partial charge in [-0.05, 0) is 30.4 Å². The van der Waals surface area contributed by atoms with Crippen LogP contribution in [0.5, 0.6) is 5.75 Å². The number of benzene rings is 1. The molecule has 2 amide bonds. The van der Waals surface area contributed by atoms with Crippen LogP contribution in [0.2, 0.25) is 0 Å². The number of halogens is 1. The summed E-state index contributed by atoms with van der Waals surface area (Å²) in [5.74, 6) is -9.74. The Morgan fingerprint density at radius 1 is 1.19 bits per heavy atom. The van der Waals surface area contributed by atoms with Gasteiger partial charge in [-0.1, -0.05) is 28.9 Å². The number of nitrogens with one attached hydrogen (secondary N) is 1. The zero-order valence-electron chi connectivity index (χ0n) is 19.8. The van der Waals surface area contributed by atoms with Crippen molar-refractivity contribution in [1.82, 2.24) is 0 Å². The van der Waals surface area contributed by atoms with Crippen molar-refractivity contribution in [2.75, 3.05) is 10.6 Å². The molecule has 0 radical (unpaired) electrons. The van der Waals surface area contributed by atoms with E-state index >= 15 is 0 Å². The number of aliphatic hydroxyl groups is 4. The molecule has 1 aromatic carbocycles. The highest BCUT2D eigenvalue weighted by atomic mass is 79.9. The van der Waals surface area contributed by atoms with Crippen LogP contribution in [-0.4, -0.2) is 65.9 Å². The molecule has 0 aliphatic heterocycles. The topological polar surface area (TPSA) is 207 Å². The predicted molar refractivity (Wildman–Crippen MR) is 134 cm³/mol. The number of carbonyl (C=O) groups is 4. The Bertz CT molecular complexity index is 1290. The number of aliphatic hydroxyl groups excluding tert-OH is 3. The van der Waals surface area contributed by atoms with E-state index in [1.165, 1.54) is 12.1 Å². The Balaban J connectivity index is 1.84. The van der Waals surface area contributed by atoms with Crippen LogP contribution < -0.4 is 11.1 Å². The van der Waals surface area contributed by atoms with Crippen LogP contribution in [-0.2, 0) is 19.2 Å². The minimum absolute atomic E-state index is 0.0113. The Morgan fingerprint density at radius 2 is 1.86 bits per heavy atom. The maximum absolute atomic E-state index is 13.6. The number of aromatic hydroxyl groups is 1. The minimum Gasteiger partial charge on any atom is -0.508 e. The first-order valence-electron chi connectivity index (χ1n) is 11.7. The summed E-state index contributed by atoms with van der Waals surface area (Å²) in [4.78, 5) is 50.2. The number of nitrogens with two attached hydrogens (primary N) is 1. The van der Waals surface area contributed by atoms with E-state index in [9.17, 15) is 44.7 Å². The number of rotatable bonds is 6. The Morgan fingerprint density at radius 3 is 2.49 bits per heavy atom. The van der Waals surface area contributed by atoms with Crippen molar-refractivity contribution in [2.24, 2.45) is 17.6 Å². The molecule has 1 fully saturated rings. The number of hydrogen-bond acceptors (Lipinski definition) is 9. The maximum atomic E-state index is 13.6. The fourth-order valence-electron chi connectivity index (χ4n) is 5.69. The fourth-order valence-corrected chi connectivity index (χ4v) is 6.09. The molecule has 1 aromatic rings. The summed E-state index contributed by atoms with van der Waals surface area (Å²) in [5, 5.41) is 58.7. The SMILES string of the molecule is C[C@H]1c2ccc(NC(=O)CCCCBr)c(O)c2C(O)=C2C(=O)[C@]3(O)C(O)=C(C(N)=O)C(=O)CC3[C@@H](O)C21. The second-order valence-electron chi connectivity index (χ2n) is 9.60. The van der Waals surface area contributed by atoms with Gasteiger partial charge in [0.2, 0.25) is 11.7 Å².